The number of aliphatic hydroxyl groups is 4. The van der Waals surface area contributed by atoms with Gasteiger partial charge in [0.05, 0.1) is 61.5 Å². The molecule has 1 aliphatic heterocycles. The van der Waals surface area contributed by atoms with E-state index in [2.05, 4.69) is 20.1 Å². The first-order valence-corrected chi connectivity index (χ1v) is 39.4. The number of carboxylic acids is 2. The van der Waals surface area contributed by atoms with Crippen molar-refractivity contribution in [1.29, 1.82) is 5.26 Å². The summed E-state index contributed by atoms with van der Waals surface area (Å²) in [5.74, 6) is -1.91. The van der Waals surface area contributed by atoms with Gasteiger partial charge in [-0.1, -0.05) is 257 Å². The first-order valence-electron chi connectivity index (χ1n) is 39.4. The van der Waals surface area contributed by atoms with E-state index in [1.54, 1.807) is 122 Å². The van der Waals surface area contributed by atoms with E-state index in [1.807, 2.05) is 246 Å². The second kappa shape index (κ2) is 84.0. The SMILES string of the molecule is C1CCOC1.CC(=O)[C@@H](C)c1ccccc1.CC(C)(C)OC(=O)OC(=O)OC(C)(C)C.CC(O)[C@@H](C)c1ccccc1.CC(O)[C@@H](N)c1ccccc1.CC(O)[C@@H](NC(N)=O)c1ccccc1.COC.CON(C)C(=O)[C@@H](C)c1ccccc1.C[C@@H](O)[C@@H](NC(N)=O)c1ccccc1.C[C@H](C(=O)O)c1ccccc1.N#C[O-].N[C@H](C(=O)O)c1ccccc1.O.[B].[Br-].[CH3-].[H-].[K+].[Mg+2].[Na+]. The summed E-state index contributed by atoms with van der Waals surface area (Å²) in [6, 6.07) is 72.1. The number of nitriles is 1. The maximum Gasteiger partial charge on any atom is 2.00 e. The summed E-state index contributed by atoms with van der Waals surface area (Å²) in [4.78, 5) is 91.7. The number of nitrogens with one attached hydrogen (secondary N) is 2. The Kier molecular flexibility index (Phi) is 92.0. The standard InChI is InChI=1S/C11H15NO2.2C10H14N2O2.C10H18O5.C10H14O.C10H12O.C9H13NO.C9H10O2.C8H9NO2.C4H8O.C2H6O.CHNO.CH3.B.BrH.K.Mg.Na.H2O.H/c1-9(11(13)12(2)14-3)10-7-5-4-6-8-10;2*1-7(13)9(12-10(11)14)8-5-3-2-4-6-8;1-9(2,3)14-7(11)13-8(12)15-10(4,5)6;2*1-8(9(2)11)10-6-4-3-5-7-10;1-7(11)9(10)8-5-3-2-4-6-8;1-7(9(10)11)8-5-3-2-4-6-8;9-7(8(10)11)6-4-2-1-3-5-6;1-2-4-5-3-1;1-3-2;2-1-3;;;;;;;;/h4-9H,1-3H3;2*2-7,9,13H,1H3,(H3,11,12,14);1-6H3;3-9,11H,1-2H3;3-8H,1-2H3;2-7,9,11H,10H2,1H3;2-7H,1H3,(H,10,11);1-5,7H,9H2,(H,10,11);1-4H2;1-2H3;3H;1H3;;1H;;;;1H2;/q;;;;;;;;;;;;-1;;;+1;+2;+1;;-1/p-2/t9-;7?,9-;7-,9-;;8-,9?;8-;7?,9-;2*7-;;;;;;;;;;;/m011.11100.........../s1. The van der Waals surface area contributed by atoms with Gasteiger partial charge in [-0.2, -0.15) is 0 Å². The quantitative estimate of drug-likeness (QED) is 0.0133. The summed E-state index contributed by atoms with van der Waals surface area (Å²) < 4.78 is 23.0. The van der Waals surface area contributed by atoms with Crippen molar-refractivity contribution < 1.29 is 207 Å². The third-order valence-electron chi connectivity index (χ3n) is 16.7. The van der Waals surface area contributed by atoms with Crippen LogP contribution in [0.1, 0.15) is 210 Å². The first-order chi connectivity index (χ1) is 57.8. The molecule has 1 heterocycles. The number of hydroxylamine groups is 2. The van der Waals surface area contributed by atoms with Crippen molar-refractivity contribution in [3.63, 3.8) is 0 Å². The number of aliphatic carboxylic acids is 2. The molecule has 3 unspecified atom stereocenters. The molecule has 0 aliphatic carbocycles. The van der Waals surface area contributed by atoms with Crippen LogP contribution in [-0.2, 0) is 47.7 Å². The Labute approximate surface area is 865 Å². The fourth-order valence-electron chi connectivity index (χ4n) is 9.61. The van der Waals surface area contributed by atoms with Crippen LogP contribution in [0.25, 0.3) is 0 Å². The molecule has 705 valence electrons. The number of nitrogens with two attached hydrogens (primary N) is 4. The van der Waals surface area contributed by atoms with E-state index in [-0.39, 0.29) is 185 Å². The van der Waals surface area contributed by atoms with Crippen molar-refractivity contribution in [2.45, 2.75) is 200 Å². The van der Waals surface area contributed by atoms with Crippen molar-refractivity contribution in [3.05, 3.63) is 295 Å². The smallest absolute Gasteiger partial charge is 1.00 e. The number of methoxy groups -OCH3 is 1. The zero-order valence-corrected chi connectivity index (χ0v) is 87.6. The Hall–Kier alpha value is -8.04. The Morgan fingerprint density at radius 3 is 0.946 bits per heavy atom. The summed E-state index contributed by atoms with van der Waals surface area (Å²) >= 11 is 0. The molecule has 30 nitrogen and oxygen atoms in total. The third kappa shape index (κ3) is 72.6. The van der Waals surface area contributed by atoms with Gasteiger partial charge < -0.3 is 124 Å². The average molecular weight is 1920 g/mol. The molecule has 3 radical (unpaired) electrons. The van der Waals surface area contributed by atoms with E-state index in [9.17, 15) is 53.7 Å². The van der Waals surface area contributed by atoms with E-state index >= 15 is 0 Å². The van der Waals surface area contributed by atoms with Crippen LogP contribution in [0.5, 0.6) is 0 Å². The number of rotatable bonds is 19. The molecule has 0 bridgehead atoms. The number of hydrogen-bond donors (Lipinski definition) is 12. The number of urea groups is 2. The van der Waals surface area contributed by atoms with Crippen molar-refractivity contribution in [2.75, 3.05) is 41.6 Å². The minimum atomic E-state index is -1.06. The van der Waals surface area contributed by atoms with Crippen molar-refractivity contribution in [1.82, 2.24) is 15.7 Å². The number of Topliss-reactive ketones (excluding diaryl/α,β-unsaturated/α-hetero) is 1. The number of aliphatic hydroxyl groups excluding tert-OH is 4. The molecule has 5 amide bonds. The van der Waals surface area contributed by atoms with Gasteiger partial charge in [0.15, 0.2) is 0 Å². The number of carboxylic acid groups (broad SMARTS) is 2. The summed E-state index contributed by atoms with van der Waals surface area (Å²) in [6.45, 7) is 27.9. The molecule has 130 heavy (non-hydrogen) atoms. The molecule has 0 saturated carbocycles. The third-order valence-corrected chi connectivity index (χ3v) is 16.7. The number of benzene rings is 8. The zero-order chi connectivity index (χ0) is 94.2. The number of halogens is 1. The predicted molar refractivity (Wildman–Crippen MR) is 497 cm³/mol. The number of hydrogen-bond acceptors (Lipinski definition) is 22. The number of amides is 5. The van der Waals surface area contributed by atoms with Gasteiger partial charge in [0.1, 0.15) is 23.0 Å². The van der Waals surface area contributed by atoms with Gasteiger partial charge in [0, 0.05) is 61.0 Å². The number of ether oxygens (including phenoxy) is 5. The van der Waals surface area contributed by atoms with Gasteiger partial charge in [-0.25, -0.2) is 29.5 Å². The van der Waals surface area contributed by atoms with Crippen LogP contribution in [-0.4, -0.2) is 198 Å². The van der Waals surface area contributed by atoms with Gasteiger partial charge in [-0.15, -0.1) is 0 Å². The maximum atomic E-state index is 11.7. The second-order valence-corrected chi connectivity index (χ2v) is 29.3. The molecule has 1 saturated heterocycles. The molecule has 0 spiro atoms. The zero-order valence-electron chi connectivity index (χ0n) is 80.5. The number of ketones is 1. The van der Waals surface area contributed by atoms with E-state index in [1.165, 1.54) is 30.6 Å². The van der Waals surface area contributed by atoms with Crippen LogP contribution < -0.4 is 137 Å². The molecule has 18 N–H and O–H groups in total. The fraction of sp³-hybridized carbons (Fsp3) is 0.389. The molecular weight excluding hydrogens is 1780 g/mol. The molecule has 12 atom stereocenters. The molecule has 8 aromatic rings. The first kappa shape index (κ1) is 142. The summed E-state index contributed by atoms with van der Waals surface area (Å²) in [5, 5.41) is 75.7. The van der Waals surface area contributed by atoms with Crippen molar-refractivity contribution in [3.8, 4) is 6.26 Å². The average Bonchev–Trinajstić information content (AvgIpc) is 1.86. The number of likely N-dealkylation sites (N-methyl/N-ethyl adjacent to an activating group) is 1. The predicted octanol–water partition coefficient (Wildman–Crippen LogP) is 4.38. The van der Waals surface area contributed by atoms with Crippen molar-refractivity contribution >= 4 is 79.5 Å². The summed E-state index contributed by atoms with van der Waals surface area (Å²) in [5.41, 5.74) is 27.1. The van der Waals surface area contributed by atoms with E-state index in [0.29, 0.717) is 11.8 Å². The van der Waals surface area contributed by atoms with Gasteiger partial charge in [0.25, 0.3) is 5.91 Å². The van der Waals surface area contributed by atoms with Gasteiger partial charge in [0.2, 0.25) is 0 Å². The number of nitrogens with zero attached hydrogens (tertiary/aromatic N) is 2. The minimum absolute atomic E-state index is 0. The van der Waals surface area contributed by atoms with Crippen LogP contribution in [0.4, 0.5) is 19.2 Å². The number of carbonyl (C=O) groups is 8. The maximum absolute atomic E-state index is 11.7. The molecule has 1 aliphatic rings. The van der Waals surface area contributed by atoms with Gasteiger partial charge >= 0.3 is 140 Å². The normalized spacial score (nSPS) is 12.8. The van der Waals surface area contributed by atoms with Crippen LogP contribution in [0.2, 0.25) is 0 Å². The molecule has 8 aromatic carbocycles. The molecular formula is C95H139BBrKMgN8NaO22. The van der Waals surface area contributed by atoms with Gasteiger partial charge in [-0.3, -0.25) is 24.0 Å². The Bertz CT molecular complexity index is 3900. The largest absolute Gasteiger partial charge is 2.00 e. The Morgan fingerprint density at radius 1 is 0.477 bits per heavy atom. The summed E-state index contributed by atoms with van der Waals surface area (Å²) in [7, 11) is 6.34. The fourth-order valence-corrected chi connectivity index (χ4v) is 9.61. The molecule has 9 rings (SSSR count). The van der Waals surface area contributed by atoms with Crippen LogP contribution in [0, 0.1) is 18.9 Å². The van der Waals surface area contributed by atoms with E-state index in [4.69, 9.17) is 67.7 Å². The van der Waals surface area contributed by atoms with Crippen LogP contribution in [0.15, 0.2) is 243 Å². The van der Waals surface area contributed by atoms with E-state index in [0.717, 1.165) is 46.6 Å². The van der Waals surface area contributed by atoms with Crippen LogP contribution >= 0.6 is 0 Å². The Balaban J connectivity index is -0.000000135. The molecule has 35 heteroatoms. The van der Waals surface area contributed by atoms with Gasteiger partial charge in [-0.05, 0) is 147 Å². The monoisotopic (exact) mass is 1920 g/mol. The topological polar surface area (TPSA) is 523 Å². The van der Waals surface area contributed by atoms with E-state index < -0.39 is 89.9 Å². The number of primary amides is 2. The summed E-state index contributed by atoms with van der Waals surface area (Å²) in [6.07, 6.45) is -1.17. The van der Waals surface area contributed by atoms with Crippen LogP contribution in [0.3, 0.4) is 0 Å². The van der Waals surface area contributed by atoms with Crippen molar-refractivity contribution in [2.24, 2.45) is 22.9 Å². The molecule has 1 fully saturated rings. The number of carbonyl (C=O) groups excluding carboxylic acids is 6. The minimum Gasteiger partial charge on any atom is -1.00 e. The second-order valence-electron chi connectivity index (χ2n) is 29.3. The molecule has 0 aromatic heterocycles. The Morgan fingerprint density at radius 2 is 0.731 bits per heavy atom.